The van der Waals surface area contributed by atoms with Crippen molar-refractivity contribution in [2.75, 3.05) is 25.1 Å². The number of rotatable bonds is 7. The van der Waals surface area contributed by atoms with E-state index in [-0.39, 0.29) is 5.69 Å². The number of carbonyl (C=O) groups is 1. The number of nitrogens with zero attached hydrogens (tertiary/aromatic N) is 8. The highest BCUT2D eigenvalue weighted by Gasteiger charge is 2.25. The van der Waals surface area contributed by atoms with Gasteiger partial charge in [0.2, 0.25) is 5.95 Å². The zero-order chi connectivity index (χ0) is 24.2. The van der Waals surface area contributed by atoms with Crippen LogP contribution < -0.4 is 9.64 Å². The van der Waals surface area contributed by atoms with Gasteiger partial charge in [0.05, 0.1) is 23.5 Å². The van der Waals surface area contributed by atoms with Crippen molar-refractivity contribution >= 4 is 23.3 Å². The summed E-state index contributed by atoms with van der Waals surface area (Å²) in [6.45, 7) is 3.86. The van der Waals surface area contributed by atoms with E-state index in [4.69, 9.17) is 14.5 Å². The first-order chi connectivity index (χ1) is 17.1. The number of ether oxygens (including phenoxy) is 2. The topological polar surface area (TPSA) is 121 Å². The van der Waals surface area contributed by atoms with Gasteiger partial charge in [-0.15, -0.1) is 16.4 Å². The fraction of sp³-hybridized carbons (Fsp3) is 0.348. The second kappa shape index (κ2) is 10.1. The first-order valence-corrected chi connectivity index (χ1v) is 12.1. The Balaban J connectivity index is 1.15. The third kappa shape index (κ3) is 5.27. The molecule has 0 bridgehead atoms. The van der Waals surface area contributed by atoms with E-state index in [0.717, 1.165) is 53.8 Å². The van der Waals surface area contributed by atoms with E-state index in [0.29, 0.717) is 18.5 Å². The van der Waals surface area contributed by atoms with Crippen LogP contribution in [-0.4, -0.2) is 61.3 Å². The predicted octanol–water partition coefficient (Wildman–Crippen LogP) is 2.97. The molecule has 0 spiro atoms. The third-order valence-corrected chi connectivity index (χ3v) is 6.83. The van der Waals surface area contributed by atoms with E-state index >= 15 is 0 Å². The Kier molecular flexibility index (Phi) is 6.62. The average Bonchev–Trinajstić information content (AvgIpc) is 3.60. The lowest BCUT2D eigenvalue weighted by molar-refractivity contribution is 0.0593. The zero-order valence-electron chi connectivity index (χ0n) is 19.4. The Bertz CT molecular complexity index is 1280. The monoisotopic (exact) mass is 492 g/mol. The molecule has 1 aromatic carbocycles. The van der Waals surface area contributed by atoms with E-state index in [2.05, 4.69) is 35.8 Å². The summed E-state index contributed by atoms with van der Waals surface area (Å²) in [5, 5.41) is 14.3. The van der Waals surface area contributed by atoms with Crippen LogP contribution in [0.4, 0.5) is 5.95 Å². The van der Waals surface area contributed by atoms with Crippen LogP contribution in [0.5, 0.6) is 5.75 Å². The van der Waals surface area contributed by atoms with Crippen molar-refractivity contribution < 1.29 is 14.3 Å². The molecule has 11 nitrogen and oxygen atoms in total. The fourth-order valence-corrected chi connectivity index (χ4v) is 4.91. The summed E-state index contributed by atoms with van der Waals surface area (Å²) in [5.41, 5.74) is 2.81. The first kappa shape index (κ1) is 22.8. The van der Waals surface area contributed by atoms with Crippen molar-refractivity contribution in [2.45, 2.75) is 32.3 Å². The van der Waals surface area contributed by atoms with Crippen LogP contribution in [0.15, 0.2) is 42.0 Å². The number of thiazole rings is 1. The lowest BCUT2D eigenvalue weighted by Gasteiger charge is -2.31. The minimum Gasteiger partial charge on any atom is -0.487 e. The summed E-state index contributed by atoms with van der Waals surface area (Å²) in [6, 6.07) is 9.22. The standard InChI is InChI=1S/C23H24N8O3S/c1-15-11-20(22(32)33-2)27-23(25-15)30-9-7-16(8-10-30)21-26-17(13-35-21)12-34-19-5-3-18(4-6-19)31-14-24-28-29-31/h3-6,11,13-14,16H,7-10,12H2,1-2H3. The lowest BCUT2D eigenvalue weighted by atomic mass is 9.98. The van der Waals surface area contributed by atoms with Crippen molar-refractivity contribution in [3.63, 3.8) is 0 Å². The summed E-state index contributed by atoms with van der Waals surface area (Å²) >= 11 is 1.67. The van der Waals surface area contributed by atoms with Crippen molar-refractivity contribution in [3.8, 4) is 11.4 Å². The largest absolute Gasteiger partial charge is 0.487 e. The number of anilines is 1. The lowest BCUT2D eigenvalue weighted by Crippen LogP contribution is -2.34. The van der Waals surface area contributed by atoms with Crippen LogP contribution in [0.25, 0.3) is 5.69 Å². The molecule has 0 saturated carbocycles. The molecule has 0 N–H and O–H groups in total. The Morgan fingerprint density at radius 1 is 1.14 bits per heavy atom. The maximum absolute atomic E-state index is 11.9. The smallest absolute Gasteiger partial charge is 0.356 e. The van der Waals surface area contributed by atoms with Crippen LogP contribution in [0.2, 0.25) is 0 Å². The number of aryl methyl sites for hydroxylation is 1. The van der Waals surface area contributed by atoms with Gasteiger partial charge in [-0.3, -0.25) is 0 Å². The van der Waals surface area contributed by atoms with Gasteiger partial charge in [-0.25, -0.2) is 24.4 Å². The van der Waals surface area contributed by atoms with E-state index in [1.54, 1.807) is 28.4 Å². The minimum atomic E-state index is -0.451. The van der Waals surface area contributed by atoms with Crippen LogP contribution >= 0.6 is 11.3 Å². The van der Waals surface area contributed by atoms with Crippen molar-refractivity contribution in [1.29, 1.82) is 0 Å². The number of tetrazole rings is 1. The first-order valence-electron chi connectivity index (χ1n) is 11.2. The van der Waals surface area contributed by atoms with Gasteiger partial charge in [0, 0.05) is 30.1 Å². The molecule has 0 amide bonds. The molecule has 0 aliphatic carbocycles. The van der Waals surface area contributed by atoms with Gasteiger partial charge in [0.15, 0.2) is 5.69 Å². The summed E-state index contributed by atoms with van der Waals surface area (Å²) in [7, 11) is 1.35. The van der Waals surface area contributed by atoms with Gasteiger partial charge in [-0.2, -0.15) is 0 Å². The van der Waals surface area contributed by atoms with Crippen LogP contribution in [0.3, 0.4) is 0 Å². The zero-order valence-corrected chi connectivity index (χ0v) is 20.2. The molecule has 4 heterocycles. The van der Waals surface area contributed by atoms with Gasteiger partial charge >= 0.3 is 5.97 Å². The van der Waals surface area contributed by atoms with Gasteiger partial charge in [0.25, 0.3) is 0 Å². The second-order valence-electron chi connectivity index (χ2n) is 8.16. The summed E-state index contributed by atoms with van der Waals surface area (Å²) in [5.74, 6) is 1.26. The summed E-state index contributed by atoms with van der Waals surface area (Å²) in [6.07, 6.45) is 3.43. The Morgan fingerprint density at radius 3 is 2.66 bits per heavy atom. The molecule has 1 aliphatic rings. The SMILES string of the molecule is COC(=O)c1cc(C)nc(N2CCC(c3nc(COc4ccc(-n5cnnn5)cc4)cs3)CC2)n1. The van der Waals surface area contributed by atoms with Crippen LogP contribution in [-0.2, 0) is 11.3 Å². The molecule has 35 heavy (non-hydrogen) atoms. The highest BCUT2D eigenvalue weighted by molar-refractivity contribution is 7.09. The quantitative estimate of drug-likeness (QED) is 0.356. The Labute approximate surface area is 205 Å². The number of hydrogen-bond donors (Lipinski definition) is 0. The fourth-order valence-electron chi connectivity index (χ4n) is 3.94. The molecule has 1 fully saturated rings. The second-order valence-corrected chi connectivity index (χ2v) is 9.05. The van der Waals surface area contributed by atoms with Crippen LogP contribution in [0, 0.1) is 6.92 Å². The molecule has 3 aromatic heterocycles. The molecule has 0 radical (unpaired) electrons. The molecule has 0 atom stereocenters. The van der Waals surface area contributed by atoms with Crippen molar-refractivity contribution in [3.05, 3.63) is 64.1 Å². The molecule has 5 rings (SSSR count). The molecule has 180 valence electrons. The van der Waals surface area contributed by atoms with Gasteiger partial charge in [0.1, 0.15) is 18.7 Å². The van der Waals surface area contributed by atoms with Gasteiger partial charge in [-0.05, 0) is 60.5 Å². The number of carbonyl (C=O) groups excluding carboxylic acids is 1. The molecule has 4 aromatic rings. The normalized spacial score (nSPS) is 14.2. The van der Waals surface area contributed by atoms with E-state index in [1.165, 1.54) is 7.11 Å². The number of benzene rings is 1. The van der Waals surface area contributed by atoms with Crippen LogP contribution in [0.1, 0.15) is 45.6 Å². The number of hydrogen-bond acceptors (Lipinski definition) is 11. The van der Waals surface area contributed by atoms with Crippen molar-refractivity contribution in [1.82, 2.24) is 35.2 Å². The highest BCUT2D eigenvalue weighted by atomic mass is 32.1. The number of piperidine rings is 1. The van der Waals surface area contributed by atoms with Crippen molar-refractivity contribution in [2.24, 2.45) is 0 Å². The molecule has 12 heteroatoms. The van der Waals surface area contributed by atoms with E-state index in [9.17, 15) is 4.79 Å². The summed E-state index contributed by atoms with van der Waals surface area (Å²) in [4.78, 5) is 27.7. The number of esters is 1. The maximum atomic E-state index is 11.9. The molecule has 1 saturated heterocycles. The number of methoxy groups -OCH3 is 1. The minimum absolute atomic E-state index is 0.284. The van der Waals surface area contributed by atoms with E-state index in [1.807, 2.05) is 31.2 Å². The average molecular weight is 493 g/mol. The number of aromatic nitrogens is 7. The van der Waals surface area contributed by atoms with Gasteiger partial charge < -0.3 is 14.4 Å². The molecular formula is C23H24N8O3S. The molecule has 1 aliphatic heterocycles. The Morgan fingerprint density at radius 2 is 1.94 bits per heavy atom. The third-order valence-electron chi connectivity index (χ3n) is 5.77. The van der Waals surface area contributed by atoms with Gasteiger partial charge in [-0.1, -0.05) is 0 Å². The highest BCUT2D eigenvalue weighted by Crippen LogP contribution is 2.32. The summed E-state index contributed by atoms with van der Waals surface area (Å²) < 4.78 is 12.3. The molecular weight excluding hydrogens is 468 g/mol. The molecule has 0 unspecified atom stereocenters. The van der Waals surface area contributed by atoms with E-state index < -0.39 is 5.97 Å². The maximum Gasteiger partial charge on any atom is 0.356 e. The Hall–Kier alpha value is -3.93. The predicted molar refractivity (Wildman–Crippen MR) is 128 cm³/mol.